The lowest BCUT2D eigenvalue weighted by atomic mass is 10.1. The Bertz CT molecular complexity index is 348. The fourth-order valence-electron chi connectivity index (χ4n) is 1.22. The number of benzene rings is 1. The van der Waals surface area contributed by atoms with Crippen molar-refractivity contribution in [2.24, 2.45) is 0 Å². The Morgan fingerprint density at radius 1 is 1.27 bits per heavy atom. The number of fused-ring (bicyclic) bond motifs is 1. The third kappa shape index (κ3) is 0.925. The average molecular weight is 161 g/mol. The monoisotopic (exact) mass is 161 g/mol. The highest BCUT2D eigenvalue weighted by Gasteiger charge is 2.26. The Balaban J connectivity index is 2.67. The molecule has 1 aromatic carbocycles. The summed E-state index contributed by atoms with van der Waals surface area (Å²) in [6.07, 6.45) is 0. The largest absolute Gasteiger partial charge is 0.239 e. The zero-order chi connectivity index (χ0) is 7.84. The normalized spacial score (nSPS) is 14.6. The van der Waals surface area contributed by atoms with Crippen molar-refractivity contribution in [2.75, 3.05) is 0 Å². The maximum absolute atomic E-state index is 4.02. The molecule has 0 saturated carbocycles. The molecular weight excluding hydrogens is 152 g/mol. The summed E-state index contributed by atoms with van der Waals surface area (Å²) in [5, 5.41) is 0. The van der Waals surface area contributed by atoms with Gasteiger partial charge in [0.15, 0.2) is 0 Å². The Hall–Kier alpha value is -0.950. The first-order chi connectivity index (χ1) is 5.29. The zero-order valence-corrected chi connectivity index (χ0v) is 7.24. The summed E-state index contributed by atoms with van der Waals surface area (Å²) in [5.41, 5.74) is 2.49. The molecule has 0 aliphatic carbocycles. The van der Waals surface area contributed by atoms with E-state index in [-0.39, 0.29) is 0 Å². The highest BCUT2D eigenvalue weighted by Crippen LogP contribution is 2.25. The van der Waals surface area contributed by atoms with Gasteiger partial charge in [-0.3, -0.25) is 0 Å². The molecule has 0 nitrogen and oxygen atoms in total. The predicted molar refractivity (Wildman–Crippen MR) is 51.8 cm³/mol. The van der Waals surface area contributed by atoms with Crippen molar-refractivity contribution >= 4 is 21.8 Å². The van der Waals surface area contributed by atoms with E-state index in [1.165, 1.54) is 20.9 Å². The van der Waals surface area contributed by atoms with Gasteiger partial charge < -0.3 is 0 Å². The minimum Gasteiger partial charge on any atom is -0.0856 e. The van der Waals surface area contributed by atoms with E-state index in [1.807, 2.05) is 11.4 Å². The van der Waals surface area contributed by atoms with Crippen molar-refractivity contribution in [1.82, 2.24) is 0 Å². The molecule has 0 atom stereocenters. The summed E-state index contributed by atoms with van der Waals surface area (Å²) in [4.78, 5) is 2.67. The summed E-state index contributed by atoms with van der Waals surface area (Å²) in [6, 6.07) is 8.39. The van der Waals surface area contributed by atoms with Crippen molar-refractivity contribution in [1.29, 1.82) is 0 Å². The first kappa shape index (κ1) is 6.74. The van der Waals surface area contributed by atoms with E-state index in [0.29, 0.717) is 0 Å². The molecule has 1 aliphatic heterocycles. The first-order valence-corrected chi connectivity index (χ1v) is 4.41. The number of hydrogen-bond donors (Lipinski definition) is 0. The van der Waals surface area contributed by atoms with E-state index in [0.717, 1.165) is 0 Å². The van der Waals surface area contributed by atoms with Gasteiger partial charge in [0, 0.05) is 18.6 Å². The molecule has 1 heterocycles. The van der Waals surface area contributed by atoms with Crippen LogP contribution in [0.25, 0.3) is 5.57 Å². The molecule has 0 amide bonds. The number of allylic oxidation sites excluding steroid dienone is 1. The number of hydrogen-bond acceptors (Lipinski definition) is 0. The smallest absolute Gasteiger partial charge is 0.0856 e. The highest BCUT2D eigenvalue weighted by atomic mass is 32.1. The second-order valence-corrected chi connectivity index (χ2v) is 3.89. The van der Waals surface area contributed by atoms with E-state index in [9.17, 15) is 0 Å². The molecule has 1 aromatic rings. The van der Waals surface area contributed by atoms with Gasteiger partial charge in [-0.1, -0.05) is 18.7 Å². The third-order valence-corrected chi connectivity index (χ3v) is 3.03. The lowest BCUT2D eigenvalue weighted by Crippen LogP contribution is -1.86. The topological polar surface area (TPSA) is 0 Å². The molecule has 0 saturated heterocycles. The van der Waals surface area contributed by atoms with Gasteiger partial charge >= 0.3 is 0 Å². The molecule has 1 heteroatoms. The van der Waals surface area contributed by atoms with E-state index in [2.05, 4.69) is 37.8 Å². The minimum absolute atomic E-state index is 1.19. The fraction of sp³-hybridized carbons (Fsp3) is 0.100. The van der Waals surface area contributed by atoms with Crippen LogP contribution in [0.2, 0.25) is 0 Å². The van der Waals surface area contributed by atoms with Crippen LogP contribution >= 0.6 is 0 Å². The van der Waals surface area contributed by atoms with Crippen LogP contribution in [0.5, 0.6) is 0 Å². The minimum atomic E-state index is 1.19. The van der Waals surface area contributed by atoms with E-state index >= 15 is 0 Å². The lowest BCUT2D eigenvalue weighted by molar-refractivity contribution is 1.43. The summed E-state index contributed by atoms with van der Waals surface area (Å²) in [6.45, 7) is 6.14. The molecule has 54 valence electrons. The van der Waals surface area contributed by atoms with Gasteiger partial charge in [-0.05, 0) is 6.07 Å². The van der Waals surface area contributed by atoms with Gasteiger partial charge in [0.1, 0.15) is 0 Å². The average Bonchev–Trinajstić information content (AvgIpc) is 2.30. The fourth-order valence-corrected chi connectivity index (χ4v) is 2.23. The molecule has 0 bridgehead atoms. The van der Waals surface area contributed by atoms with Crippen LogP contribution in [-0.2, 0) is 11.4 Å². The molecular formula is C10H9S+. The van der Waals surface area contributed by atoms with E-state index < -0.39 is 0 Å². The second-order valence-electron chi connectivity index (χ2n) is 2.63. The molecule has 0 radical (unpaired) electrons. The Morgan fingerprint density at radius 2 is 2.00 bits per heavy atom. The molecule has 0 fully saturated rings. The highest BCUT2D eigenvalue weighted by molar-refractivity contribution is 7.80. The van der Waals surface area contributed by atoms with Gasteiger partial charge in [-0.25, -0.2) is 0 Å². The van der Waals surface area contributed by atoms with Crippen molar-refractivity contribution in [3.05, 3.63) is 36.4 Å². The Kier molecular flexibility index (Phi) is 1.40. The van der Waals surface area contributed by atoms with Crippen LogP contribution in [-0.4, -0.2) is 4.86 Å². The van der Waals surface area contributed by atoms with Crippen LogP contribution in [0, 0.1) is 0 Å². The van der Waals surface area contributed by atoms with E-state index in [1.54, 1.807) is 0 Å². The quantitative estimate of drug-likeness (QED) is 0.311. The van der Waals surface area contributed by atoms with Gasteiger partial charge in [0.05, 0.1) is 5.56 Å². The summed E-state index contributed by atoms with van der Waals surface area (Å²) in [5.74, 6) is 0. The van der Waals surface area contributed by atoms with Crippen molar-refractivity contribution in [3.8, 4) is 0 Å². The summed E-state index contributed by atoms with van der Waals surface area (Å²) >= 11 is 1.82. The predicted octanol–water partition coefficient (Wildman–Crippen LogP) is 2.35. The molecule has 1 aliphatic rings. The van der Waals surface area contributed by atoms with Gasteiger partial charge in [-0.2, -0.15) is 0 Å². The third-order valence-electron chi connectivity index (χ3n) is 1.90. The maximum Gasteiger partial charge on any atom is 0.239 e. The van der Waals surface area contributed by atoms with Gasteiger partial charge in [0.25, 0.3) is 0 Å². The second kappa shape index (κ2) is 2.28. The van der Waals surface area contributed by atoms with E-state index in [4.69, 9.17) is 0 Å². The standard InChI is InChI=1S/C10H9S/c1-7-8(2)11-10-6-4-3-5-9(7)10/h3-6H,1H2,2H3/q+1. The SMILES string of the molecule is C=C1C(C)=[S+]c2ccccc21. The Morgan fingerprint density at radius 3 is 2.73 bits per heavy atom. The zero-order valence-electron chi connectivity index (χ0n) is 6.42. The van der Waals surface area contributed by atoms with Crippen molar-refractivity contribution in [3.63, 3.8) is 0 Å². The van der Waals surface area contributed by atoms with Crippen LogP contribution in [0.4, 0.5) is 0 Å². The summed E-state index contributed by atoms with van der Waals surface area (Å²) in [7, 11) is 0. The molecule has 2 rings (SSSR count). The van der Waals surface area contributed by atoms with Gasteiger partial charge in [-0.15, -0.1) is 0 Å². The van der Waals surface area contributed by atoms with Crippen LogP contribution < -0.4 is 0 Å². The van der Waals surface area contributed by atoms with Gasteiger partial charge in [0.2, 0.25) is 21.1 Å². The molecule has 0 N–H and O–H groups in total. The van der Waals surface area contributed by atoms with Crippen LogP contribution in [0.3, 0.4) is 0 Å². The molecule has 0 aromatic heterocycles. The first-order valence-electron chi connectivity index (χ1n) is 3.59. The molecule has 11 heavy (non-hydrogen) atoms. The molecule has 0 spiro atoms. The Labute approximate surface area is 70.5 Å². The number of rotatable bonds is 0. The van der Waals surface area contributed by atoms with Crippen LogP contribution in [0.1, 0.15) is 12.5 Å². The summed E-state index contributed by atoms with van der Waals surface area (Å²) < 4.78 is 0. The van der Waals surface area contributed by atoms with Crippen molar-refractivity contribution < 1.29 is 0 Å². The molecule has 0 unspecified atom stereocenters. The lowest BCUT2D eigenvalue weighted by Gasteiger charge is -1.89. The van der Waals surface area contributed by atoms with Crippen molar-refractivity contribution in [2.45, 2.75) is 11.8 Å². The maximum atomic E-state index is 4.02. The van der Waals surface area contributed by atoms with Crippen LogP contribution in [0.15, 0.2) is 35.7 Å².